The van der Waals surface area contributed by atoms with Gasteiger partial charge in [0.2, 0.25) is 10.0 Å². The first-order chi connectivity index (χ1) is 19.1. The number of carboxylic acid groups (broad SMARTS) is 2. The van der Waals surface area contributed by atoms with Crippen LogP contribution in [0.5, 0.6) is 5.75 Å². The zero-order chi connectivity index (χ0) is 28.4. The molecule has 1 aromatic heterocycles. The number of sulfonamides is 1. The highest BCUT2D eigenvalue weighted by Crippen LogP contribution is 2.46. The van der Waals surface area contributed by atoms with Gasteiger partial charge in [-0.25, -0.2) is 18.0 Å². The normalized spacial score (nSPS) is 14.7. The molecule has 0 saturated carbocycles. The summed E-state index contributed by atoms with van der Waals surface area (Å²) in [7, 11) is -3.62. The largest absolute Gasteiger partial charge is 0.479 e. The molecular weight excluding hydrogens is 576 g/mol. The van der Waals surface area contributed by atoms with Gasteiger partial charge in [0, 0.05) is 24.8 Å². The van der Waals surface area contributed by atoms with Crippen molar-refractivity contribution in [3.05, 3.63) is 76.6 Å². The number of nitrogens with one attached hydrogen (secondary N) is 1. The van der Waals surface area contributed by atoms with Gasteiger partial charge in [-0.3, -0.25) is 0 Å². The fourth-order valence-electron chi connectivity index (χ4n) is 4.69. The minimum absolute atomic E-state index is 0.0288. The SMILES string of the molecule is O=C(O)COc1c(C(=O)O)sc(-c2cccc(NC3CCN(S(=O)(=O)c4ccc5ccccc5c4)CC3)c2)c1Cl. The first kappa shape index (κ1) is 27.9. The van der Waals surface area contributed by atoms with Crippen LogP contribution in [0.1, 0.15) is 22.5 Å². The number of anilines is 1. The number of rotatable bonds is 9. The summed E-state index contributed by atoms with van der Waals surface area (Å²) >= 11 is 7.33. The van der Waals surface area contributed by atoms with E-state index in [1.165, 1.54) is 4.31 Å². The molecule has 2 heterocycles. The molecule has 0 atom stereocenters. The highest BCUT2D eigenvalue weighted by molar-refractivity contribution is 7.89. The van der Waals surface area contributed by atoms with Gasteiger partial charge in [0.15, 0.2) is 17.2 Å². The Hall–Kier alpha value is -3.64. The summed E-state index contributed by atoms with van der Waals surface area (Å²) in [6.45, 7) is 0.0259. The van der Waals surface area contributed by atoms with Crippen molar-refractivity contribution < 1.29 is 33.0 Å². The van der Waals surface area contributed by atoms with Crippen molar-refractivity contribution in [2.45, 2.75) is 23.8 Å². The molecule has 0 unspecified atom stereocenters. The smallest absolute Gasteiger partial charge is 0.349 e. The van der Waals surface area contributed by atoms with Gasteiger partial charge in [-0.15, -0.1) is 11.3 Å². The van der Waals surface area contributed by atoms with E-state index in [0.717, 1.165) is 27.8 Å². The average Bonchev–Trinajstić information content (AvgIpc) is 3.28. The van der Waals surface area contributed by atoms with E-state index in [9.17, 15) is 23.1 Å². The number of carboxylic acids is 2. The molecule has 9 nitrogen and oxygen atoms in total. The number of nitrogens with zero attached hydrogens (tertiary/aromatic N) is 1. The van der Waals surface area contributed by atoms with Crippen LogP contribution >= 0.6 is 22.9 Å². The highest BCUT2D eigenvalue weighted by Gasteiger charge is 2.30. The molecule has 4 aromatic rings. The summed E-state index contributed by atoms with van der Waals surface area (Å²) in [5.74, 6) is -2.68. The zero-order valence-electron chi connectivity index (χ0n) is 21.0. The minimum Gasteiger partial charge on any atom is -0.479 e. The fraction of sp³-hybridized carbons (Fsp3) is 0.214. The van der Waals surface area contributed by atoms with Crippen molar-refractivity contribution in [1.82, 2.24) is 4.31 Å². The number of hydrogen-bond donors (Lipinski definition) is 3. The average molecular weight is 601 g/mol. The van der Waals surface area contributed by atoms with E-state index in [1.807, 2.05) is 42.5 Å². The van der Waals surface area contributed by atoms with Crippen LogP contribution in [0, 0.1) is 0 Å². The van der Waals surface area contributed by atoms with E-state index in [0.29, 0.717) is 36.4 Å². The molecular formula is C28H25ClN2O7S2. The fourth-order valence-corrected chi connectivity index (χ4v) is 7.60. The van der Waals surface area contributed by atoms with Crippen molar-refractivity contribution in [1.29, 1.82) is 0 Å². The van der Waals surface area contributed by atoms with Gasteiger partial charge in [-0.1, -0.05) is 54.1 Å². The Morgan fingerprint density at radius 1 is 1.00 bits per heavy atom. The summed E-state index contributed by atoms with van der Waals surface area (Å²) in [5.41, 5.74) is 1.41. The lowest BCUT2D eigenvalue weighted by Crippen LogP contribution is -2.42. The highest BCUT2D eigenvalue weighted by atomic mass is 35.5. The van der Waals surface area contributed by atoms with Gasteiger partial charge in [-0.2, -0.15) is 4.31 Å². The minimum atomic E-state index is -3.62. The summed E-state index contributed by atoms with van der Waals surface area (Å²) < 4.78 is 33.3. The van der Waals surface area contributed by atoms with Crippen molar-refractivity contribution in [2.24, 2.45) is 0 Å². The molecule has 3 N–H and O–H groups in total. The Bertz CT molecular complexity index is 1700. The molecule has 12 heteroatoms. The Kier molecular flexibility index (Phi) is 7.99. The lowest BCUT2D eigenvalue weighted by atomic mass is 10.1. The van der Waals surface area contributed by atoms with Crippen LogP contribution in [-0.4, -0.2) is 60.6 Å². The molecule has 208 valence electrons. The number of carbonyl (C=O) groups is 2. The Morgan fingerprint density at radius 2 is 1.73 bits per heavy atom. The molecule has 0 radical (unpaired) electrons. The van der Waals surface area contributed by atoms with Crippen LogP contribution in [0.25, 0.3) is 21.2 Å². The van der Waals surface area contributed by atoms with E-state index in [4.69, 9.17) is 21.4 Å². The second kappa shape index (κ2) is 11.5. The second-order valence-corrected chi connectivity index (χ2v) is 12.6. The summed E-state index contributed by atoms with van der Waals surface area (Å²) in [4.78, 5) is 23.2. The summed E-state index contributed by atoms with van der Waals surface area (Å²) in [5, 5.41) is 23.8. The number of piperidine rings is 1. The van der Waals surface area contributed by atoms with Crippen LogP contribution < -0.4 is 10.1 Å². The number of halogens is 1. The maximum absolute atomic E-state index is 13.3. The molecule has 0 bridgehead atoms. The van der Waals surface area contributed by atoms with Gasteiger partial charge in [0.05, 0.1) is 9.77 Å². The third-order valence-corrected chi connectivity index (χ3v) is 10.2. The third kappa shape index (κ3) is 5.78. The number of aromatic carboxylic acids is 1. The predicted octanol–water partition coefficient (Wildman–Crippen LogP) is 5.65. The number of hydrogen-bond acceptors (Lipinski definition) is 7. The lowest BCUT2D eigenvalue weighted by Gasteiger charge is -2.32. The van der Waals surface area contributed by atoms with Crippen LogP contribution in [0.2, 0.25) is 5.02 Å². The maximum Gasteiger partial charge on any atom is 0.349 e. The van der Waals surface area contributed by atoms with Crippen molar-refractivity contribution in [3.8, 4) is 16.2 Å². The maximum atomic E-state index is 13.3. The molecule has 1 saturated heterocycles. The molecule has 40 heavy (non-hydrogen) atoms. The molecule has 0 amide bonds. The third-order valence-electron chi connectivity index (χ3n) is 6.65. The van der Waals surface area contributed by atoms with E-state index >= 15 is 0 Å². The summed E-state index contributed by atoms with van der Waals surface area (Å²) in [6.07, 6.45) is 1.21. The number of ether oxygens (including phenoxy) is 1. The molecule has 1 fully saturated rings. The monoisotopic (exact) mass is 600 g/mol. The van der Waals surface area contributed by atoms with Gasteiger partial charge in [0.1, 0.15) is 5.02 Å². The topological polar surface area (TPSA) is 133 Å². The lowest BCUT2D eigenvalue weighted by molar-refractivity contribution is -0.139. The molecule has 5 rings (SSSR count). The standard InChI is InChI=1S/C28H25ClN2O7S2/c29-24-25(38-16-23(32)33)27(28(34)35)39-26(24)19-6-3-7-21(14-19)30-20-10-12-31(13-11-20)40(36,37)22-9-8-17-4-1-2-5-18(17)15-22/h1-9,14-15,20,30H,10-13,16H2,(H,32,33)(H,34,35). The second-order valence-electron chi connectivity index (χ2n) is 9.30. The van der Waals surface area contributed by atoms with Crippen LogP contribution in [0.3, 0.4) is 0 Å². The summed E-state index contributed by atoms with van der Waals surface area (Å²) in [6, 6.07) is 20.1. The first-order valence-corrected chi connectivity index (χ1v) is 15.0. The van der Waals surface area contributed by atoms with Crippen LogP contribution in [0.4, 0.5) is 5.69 Å². The predicted molar refractivity (Wildman–Crippen MR) is 154 cm³/mol. The van der Waals surface area contributed by atoms with Gasteiger partial charge >= 0.3 is 11.9 Å². The zero-order valence-corrected chi connectivity index (χ0v) is 23.4. The van der Waals surface area contributed by atoms with Crippen molar-refractivity contribution >= 4 is 61.4 Å². The van der Waals surface area contributed by atoms with E-state index < -0.39 is 28.6 Å². The number of aliphatic carboxylic acids is 1. The molecule has 0 aliphatic carbocycles. The number of fused-ring (bicyclic) bond motifs is 1. The van der Waals surface area contributed by atoms with Gasteiger partial charge in [-0.05, 0) is 53.4 Å². The van der Waals surface area contributed by atoms with Gasteiger partial charge < -0.3 is 20.3 Å². The molecule has 1 aliphatic heterocycles. The quantitative estimate of drug-likeness (QED) is 0.224. The van der Waals surface area contributed by atoms with Gasteiger partial charge in [0.25, 0.3) is 0 Å². The van der Waals surface area contributed by atoms with E-state index in [1.54, 1.807) is 24.3 Å². The number of benzene rings is 3. The first-order valence-electron chi connectivity index (χ1n) is 12.4. The van der Waals surface area contributed by atoms with Crippen molar-refractivity contribution in [2.75, 3.05) is 25.0 Å². The molecule has 1 aliphatic rings. The Morgan fingerprint density at radius 3 is 2.42 bits per heavy atom. The van der Waals surface area contributed by atoms with Crippen LogP contribution in [0.15, 0.2) is 71.6 Å². The van der Waals surface area contributed by atoms with E-state index in [-0.39, 0.29) is 26.6 Å². The number of thiophene rings is 1. The Labute approximate surface area is 239 Å². The van der Waals surface area contributed by atoms with E-state index in [2.05, 4.69) is 5.32 Å². The molecule has 3 aromatic carbocycles. The molecule has 0 spiro atoms. The Balaban J connectivity index is 1.28. The van der Waals surface area contributed by atoms with Crippen molar-refractivity contribution in [3.63, 3.8) is 0 Å². The van der Waals surface area contributed by atoms with Crippen LogP contribution in [-0.2, 0) is 14.8 Å².